The number of carbonyl (C=O) groups excluding carboxylic acids is 1. The van der Waals surface area contributed by atoms with Crippen molar-refractivity contribution >= 4 is 21.8 Å². The molecule has 2 bridgehead atoms. The fraction of sp³-hybridized carbons (Fsp3) is 0.917. The number of rotatable bonds is 2. The zero-order valence-corrected chi connectivity index (χ0v) is 11.7. The normalized spacial score (nSPS) is 32.6. The van der Waals surface area contributed by atoms with E-state index in [-0.39, 0.29) is 10.7 Å². The fourth-order valence-corrected chi connectivity index (χ4v) is 3.17. The molecule has 0 radical (unpaired) electrons. The first-order valence-corrected chi connectivity index (χ1v) is 7.19. The highest BCUT2D eigenvalue weighted by Gasteiger charge is 2.36. The van der Waals surface area contributed by atoms with Crippen LogP contribution in [0.1, 0.15) is 32.6 Å². The Labute approximate surface area is 106 Å². The van der Waals surface area contributed by atoms with Gasteiger partial charge in [0.25, 0.3) is 0 Å². The van der Waals surface area contributed by atoms with Gasteiger partial charge in [0, 0.05) is 25.2 Å². The van der Waals surface area contributed by atoms with Gasteiger partial charge in [0.2, 0.25) is 5.91 Å². The maximum atomic E-state index is 12.1. The van der Waals surface area contributed by atoms with E-state index in [9.17, 15) is 4.79 Å². The van der Waals surface area contributed by atoms with Crippen LogP contribution in [0.4, 0.5) is 0 Å². The molecule has 0 saturated carbocycles. The van der Waals surface area contributed by atoms with Gasteiger partial charge in [-0.2, -0.15) is 0 Å². The highest BCUT2D eigenvalue weighted by Crippen LogP contribution is 2.29. The Morgan fingerprint density at radius 1 is 1.38 bits per heavy atom. The van der Waals surface area contributed by atoms with Crippen molar-refractivity contribution < 1.29 is 4.79 Å². The van der Waals surface area contributed by atoms with Crippen molar-refractivity contribution in [2.45, 2.75) is 49.5 Å². The first kappa shape index (κ1) is 12.4. The lowest BCUT2D eigenvalue weighted by Crippen LogP contribution is -2.42. The summed E-state index contributed by atoms with van der Waals surface area (Å²) in [6, 6.07) is 1.30. The molecule has 2 aliphatic rings. The number of amides is 1. The third kappa shape index (κ3) is 2.28. The van der Waals surface area contributed by atoms with Gasteiger partial charge in [-0.15, -0.1) is 0 Å². The van der Waals surface area contributed by atoms with Crippen LogP contribution in [-0.2, 0) is 4.79 Å². The van der Waals surface area contributed by atoms with Crippen LogP contribution in [-0.4, -0.2) is 52.8 Å². The van der Waals surface area contributed by atoms with Gasteiger partial charge >= 0.3 is 0 Å². The summed E-state index contributed by atoms with van der Waals surface area (Å²) in [6.07, 6.45) is 4.58. The summed E-state index contributed by atoms with van der Waals surface area (Å²) in [4.78, 5) is 16.7. The summed E-state index contributed by atoms with van der Waals surface area (Å²) in [5.41, 5.74) is 0. The molecular weight excluding hydrogens is 268 g/mol. The Kier molecular flexibility index (Phi) is 3.90. The Morgan fingerprint density at radius 2 is 2.06 bits per heavy atom. The number of fused-ring (bicyclic) bond motifs is 2. The number of halogens is 1. The van der Waals surface area contributed by atoms with Gasteiger partial charge in [0.1, 0.15) is 0 Å². The van der Waals surface area contributed by atoms with E-state index in [2.05, 4.69) is 32.8 Å². The predicted octanol–water partition coefficient (Wildman–Crippen LogP) is 1.85. The van der Waals surface area contributed by atoms with Crippen molar-refractivity contribution in [1.82, 2.24) is 9.80 Å². The second kappa shape index (κ2) is 5.05. The monoisotopic (exact) mass is 288 g/mol. The first-order chi connectivity index (χ1) is 7.63. The van der Waals surface area contributed by atoms with Gasteiger partial charge in [-0.25, -0.2) is 0 Å². The standard InChI is InChI=1S/C12H21BrN2O/c1-3-11(13)12(16)15-7-6-9-4-5-10(8-15)14(9)2/h9-11H,3-8H2,1-2H3. The summed E-state index contributed by atoms with van der Waals surface area (Å²) in [5.74, 6) is 0.281. The molecule has 16 heavy (non-hydrogen) atoms. The maximum Gasteiger partial charge on any atom is 0.236 e. The highest BCUT2D eigenvalue weighted by molar-refractivity contribution is 9.10. The van der Waals surface area contributed by atoms with Crippen LogP contribution in [0.15, 0.2) is 0 Å². The molecule has 3 atom stereocenters. The molecule has 3 nitrogen and oxygen atoms in total. The number of alkyl halides is 1. The van der Waals surface area contributed by atoms with Gasteiger partial charge in [-0.3, -0.25) is 9.69 Å². The summed E-state index contributed by atoms with van der Waals surface area (Å²) < 4.78 is 0. The van der Waals surface area contributed by atoms with Crippen LogP contribution in [0, 0.1) is 0 Å². The number of carbonyl (C=O) groups is 1. The Balaban J connectivity index is 2.01. The Bertz CT molecular complexity index is 272. The Morgan fingerprint density at radius 3 is 2.75 bits per heavy atom. The van der Waals surface area contributed by atoms with Crippen molar-refractivity contribution in [3.8, 4) is 0 Å². The van der Waals surface area contributed by atoms with E-state index in [4.69, 9.17) is 0 Å². The lowest BCUT2D eigenvalue weighted by molar-refractivity contribution is -0.130. The van der Waals surface area contributed by atoms with Gasteiger partial charge in [-0.05, 0) is 32.7 Å². The van der Waals surface area contributed by atoms with Crippen LogP contribution in [0.25, 0.3) is 0 Å². The van der Waals surface area contributed by atoms with Crippen molar-refractivity contribution in [2.75, 3.05) is 20.1 Å². The molecule has 0 aliphatic carbocycles. The zero-order valence-electron chi connectivity index (χ0n) is 10.2. The summed E-state index contributed by atoms with van der Waals surface area (Å²) in [5, 5.41) is 0. The van der Waals surface area contributed by atoms with Gasteiger partial charge in [0.15, 0.2) is 0 Å². The minimum absolute atomic E-state index is 0.00873. The third-order valence-electron chi connectivity index (χ3n) is 4.09. The van der Waals surface area contributed by atoms with E-state index in [1.807, 2.05) is 6.92 Å². The molecule has 3 unspecified atom stereocenters. The molecular formula is C12H21BrN2O. The lowest BCUT2D eigenvalue weighted by Gasteiger charge is -2.27. The van der Waals surface area contributed by atoms with E-state index in [0.29, 0.717) is 12.1 Å². The number of likely N-dealkylation sites (tertiary alicyclic amines) is 1. The molecule has 2 fully saturated rings. The van der Waals surface area contributed by atoms with Crippen molar-refractivity contribution in [3.05, 3.63) is 0 Å². The molecule has 0 aromatic carbocycles. The lowest BCUT2D eigenvalue weighted by atomic mass is 10.1. The van der Waals surface area contributed by atoms with Crippen LogP contribution < -0.4 is 0 Å². The zero-order chi connectivity index (χ0) is 11.7. The number of hydrogen-bond donors (Lipinski definition) is 0. The summed E-state index contributed by atoms with van der Waals surface area (Å²) in [6.45, 7) is 3.91. The van der Waals surface area contributed by atoms with E-state index < -0.39 is 0 Å². The van der Waals surface area contributed by atoms with Crippen molar-refractivity contribution in [3.63, 3.8) is 0 Å². The minimum atomic E-state index is 0.00873. The first-order valence-electron chi connectivity index (χ1n) is 6.28. The van der Waals surface area contributed by atoms with Crippen LogP contribution >= 0.6 is 15.9 Å². The molecule has 1 amide bonds. The topological polar surface area (TPSA) is 23.6 Å². The quantitative estimate of drug-likeness (QED) is 0.724. The molecule has 0 spiro atoms. The van der Waals surface area contributed by atoms with Gasteiger partial charge in [0.05, 0.1) is 4.83 Å². The molecule has 0 N–H and O–H groups in total. The Hall–Kier alpha value is -0.0900. The largest absolute Gasteiger partial charge is 0.340 e. The average molecular weight is 289 g/mol. The van der Waals surface area contributed by atoms with Crippen LogP contribution in [0.3, 0.4) is 0 Å². The molecule has 2 heterocycles. The molecule has 0 aromatic rings. The molecule has 0 aromatic heterocycles. The van der Waals surface area contributed by atoms with Gasteiger partial charge < -0.3 is 4.90 Å². The predicted molar refractivity (Wildman–Crippen MR) is 68.8 cm³/mol. The van der Waals surface area contributed by atoms with Crippen LogP contribution in [0.5, 0.6) is 0 Å². The number of nitrogens with zero attached hydrogens (tertiary/aromatic N) is 2. The van der Waals surface area contributed by atoms with Crippen molar-refractivity contribution in [2.24, 2.45) is 0 Å². The second-order valence-corrected chi connectivity index (χ2v) is 6.10. The molecule has 2 aliphatic heterocycles. The third-order valence-corrected chi connectivity index (χ3v) is 5.13. The van der Waals surface area contributed by atoms with Crippen LogP contribution in [0.2, 0.25) is 0 Å². The summed E-state index contributed by atoms with van der Waals surface area (Å²) >= 11 is 3.47. The molecule has 2 saturated heterocycles. The second-order valence-electron chi connectivity index (χ2n) is 5.00. The maximum absolute atomic E-state index is 12.1. The molecule has 4 heteroatoms. The highest BCUT2D eigenvalue weighted by atomic mass is 79.9. The van der Waals surface area contributed by atoms with E-state index in [1.54, 1.807) is 0 Å². The minimum Gasteiger partial charge on any atom is -0.340 e. The number of likely N-dealkylation sites (N-methyl/N-ethyl adjacent to an activating group) is 1. The average Bonchev–Trinajstić information content (AvgIpc) is 2.51. The van der Waals surface area contributed by atoms with E-state index >= 15 is 0 Å². The fourth-order valence-electron chi connectivity index (χ4n) is 2.88. The van der Waals surface area contributed by atoms with Gasteiger partial charge in [-0.1, -0.05) is 22.9 Å². The smallest absolute Gasteiger partial charge is 0.236 e. The van der Waals surface area contributed by atoms with Crippen molar-refractivity contribution in [1.29, 1.82) is 0 Å². The molecule has 92 valence electrons. The summed E-state index contributed by atoms with van der Waals surface area (Å²) in [7, 11) is 2.21. The van der Waals surface area contributed by atoms with E-state index in [0.717, 1.165) is 25.9 Å². The molecule has 2 rings (SSSR count). The number of hydrogen-bond acceptors (Lipinski definition) is 2. The SMILES string of the molecule is CCC(Br)C(=O)N1CCC2CCC(C1)N2C. The van der Waals surface area contributed by atoms with E-state index in [1.165, 1.54) is 12.8 Å².